The standard InChI is InChI=1S/C24H20BrClN2O4/c1-14-2-11-19-20(12-14)24(32)28(23(19)31)27(22(30)16-5-9-18(26)10-6-16)13-21(29)15-3-7-17(25)8-4-15/h2-10,19-20H,11-13H2,1H3/t19-,20-/m1/s1. The van der Waals surface area contributed by atoms with Crippen LogP contribution in [-0.4, -0.2) is 40.1 Å². The normalized spacial score (nSPS) is 20.1. The van der Waals surface area contributed by atoms with E-state index in [1.165, 1.54) is 12.1 Å². The number of hydrazine groups is 1. The van der Waals surface area contributed by atoms with Gasteiger partial charge in [-0.3, -0.25) is 19.2 Å². The van der Waals surface area contributed by atoms with Crippen molar-refractivity contribution in [1.82, 2.24) is 10.0 Å². The van der Waals surface area contributed by atoms with Crippen LogP contribution < -0.4 is 0 Å². The van der Waals surface area contributed by atoms with Gasteiger partial charge in [-0.05, 0) is 56.2 Å². The van der Waals surface area contributed by atoms with Crippen LogP contribution in [0.5, 0.6) is 0 Å². The zero-order valence-electron chi connectivity index (χ0n) is 17.3. The van der Waals surface area contributed by atoms with Crippen LogP contribution in [0.4, 0.5) is 0 Å². The maximum atomic E-state index is 13.4. The van der Waals surface area contributed by atoms with Gasteiger partial charge in [-0.15, -0.1) is 0 Å². The summed E-state index contributed by atoms with van der Waals surface area (Å²) in [6, 6.07) is 12.8. The Morgan fingerprint density at radius 2 is 1.59 bits per heavy atom. The topological polar surface area (TPSA) is 74.8 Å². The van der Waals surface area contributed by atoms with E-state index >= 15 is 0 Å². The summed E-state index contributed by atoms with van der Waals surface area (Å²) in [4.78, 5) is 52.8. The molecule has 3 amide bonds. The number of benzene rings is 2. The van der Waals surface area contributed by atoms with Crippen LogP contribution in [0, 0.1) is 11.8 Å². The van der Waals surface area contributed by atoms with E-state index < -0.39 is 36.1 Å². The van der Waals surface area contributed by atoms with Crippen LogP contribution in [0.15, 0.2) is 64.7 Å². The second-order valence-corrected chi connectivity index (χ2v) is 9.34. The highest BCUT2D eigenvalue weighted by molar-refractivity contribution is 9.10. The molecule has 1 aliphatic carbocycles. The van der Waals surface area contributed by atoms with E-state index in [9.17, 15) is 19.2 Å². The van der Waals surface area contributed by atoms with E-state index in [0.717, 1.165) is 20.1 Å². The van der Waals surface area contributed by atoms with Gasteiger partial charge < -0.3 is 0 Å². The van der Waals surface area contributed by atoms with Crippen molar-refractivity contribution in [3.63, 3.8) is 0 Å². The lowest BCUT2D eigenvalue weighted by molar-refractivity contribution is -0.154. The van der Waals surface area contributed by atoms with Gasteiger partial charge in [-0.25, -0.2) is 5.01 Å². The highest BCUT2D eigenvalue weighted by atomic mass is 79.9. The number of amides is 3. The van der Waals surface area contributed by atoms with Gasteiger partial charge in [-0.2, -0.15) is 5.01 Å². The number of halogens is 2. The molecule has 164 valence electrons. The number of imide groups is 1. The van der Waals surface area contributed by atoms with Gasteiger partial charge >= 0.3 is 0 Å². The molecule has 2 atom stereocenters. The average Bonchev–Trinajstić information content (AvgIpc) is 3.02. The number of carbonyl (C=O) groups is 4. The van der Waals surface area contributed by atoms with E-state index in [1.807, 2.05) is 13.0 Å². The molecule has 0 bridgehead atoms. The molecular weight excluding hydrogens is 496 g/mol. The molecule has 4 rings (SSSR count). The minimum Gasteiger partial charge on any atom is -0.292 e. The number of nitrogens with zero attached hydrogens (tertiary/aromatic N) is 2. The van der Waals surface area contributed by atoms with Crippen molar-refractivity contribution in [3.05, 3.63) is 80.8 Å². The van der Waals surface area contributed by atoms with Gasteiger partial charge in [-0.1, -0.05) is 51.3 Å². The van der Waals surface area contributed by atoms with Crippen molar-refractivity contribution in [1.29, 1.82) is 0 Å². The number of rotatable bonds is 5. The zero-order valence-corrected chi connectivity index (χ0v) is 19.6. The molecule has 2 aromatic carbocycles. The lowest BCUT2D eigenvalue weighted by atomic mass is 9.82. The van der Waals surface area contributed by atoms with Crippen molar-refractivity contribution < 1.29 is 19.2 Å². The van der Waals surface area contributed by atoms with Crippen LogP contribution in [0.25, 0.3) is 0 Å². The summed E-state index contributed by atoms with van der Waals surface area (Å²) in [5, 5.41) is 2.31. The summed E-state index contributed by atoms with van der Waals surface area (Å²) in [6.45, 7) is 1.48. The molecule has 0 unspecified atom stereocenters. The molecule has 0 aromatic heterocycles. The first kappa shape index (κ1) is 22.4. The lowest BCUT2D eigenvalue weighted by Gasteiger charge is -2.30. The summed E-state index contributed by atoms with van der Waals surface area (Å²) in [6.07, 6.45) is 2.87. The Balaban J connectivity index is 1.68. The first-order valence-corrected chi connectivity index (χ1v) is 11.3. The number of allylic oxidation sites excluding steroid dienone is 2. The molecule has 1 saturated heterocycles. The Morgan fingerprint density at radius 3 is 2.25 bits per heavy atom. The lowest BCUT2D eigenvalue weighted by Crippen LogP contribution is -2.52. The fraction of sp³-hybridized carbons (Fsp3) is 0.250. The summed E-state index contributed by atoms with van der Waals surface area (Å²) >= 11 is 9.26. The fourth-order valence-corrected chi connectivity index (χ4v) is 4.49. The third kappa shape index (κ3) is 4.27. The SMILES string of the molecule is CC1=CC[C@H]2C(=O)N(N(CC(=O)c3ccc(Br)cc3)C(=O)c3ccc(Cl)cc3)C(=O)[C@@H]2C1. The number of fused-ring (bicyclic) bond motifs is 1. The molecule has 8 heteroatoms. The summed E-state index contributed by atoms with van der Waals surface area (Å²) in [5.74, 6) is -2.93. The molecule has 1 fully saturated rings. The predicted molar refractivity (Wildman–Crippen MR) is 123 cm³/mol. The molecular formula is C24H20BrClN2O4. The van der Waals surface area contributed by atoms with E-state index in [0.29, 0.717) is 23.4 Å². The minimum atomic E-state index is -0.614. The molecule has 2 aliphatic rings. The Bertz CT molecular complexity index is 1130. The first-order valence-electron chi connectivity index (χ1n) is 10.2. The van der Waals surface area contributed by atoms with E-state index in [1.54, 1.807) is 36.4 Å². The number of carbonyl (C=O) groups excluding carboxylic acids is 4. The second-order valence-electron chi connectivity index (χ2n) is 7.99. The zero-order chi connectivity index (χ0) is 23.0. The Morgan fingerprint density at radius 1 is 1.00 bits per heavy atom. The summed E-state index contributed by atoms with van der Waals surface area (Å²) in [7, 11) is 0. The second kappa shape index (κ2) is 9.00. The number of hydrogen-bond donors (Lipinski definition) is 0. The van der Waals surface area contributed by atoms with E-state index in [4.69, 9.17) is 11.6 Å². The van der Waals surface area contributed by atoms with Gasteiger partial charge in [0, 0.05) is 20.6 Å². The first-order chi connectivity index (χ1) is 15.3. The van der Waals surface area contributed by atoms with Gasteiger partial charge in [0.2, 0.25) is 0 Å². The van der Waals surface area contributed by atoms with Crippen LogP contribution >= 0.6 is 27.5 Å². The molecule has 2 aromatic rings. The van der Waals surface area contributed by atoms with E-state index in [-0.39, 0.29) is 11.3 Å². The Kier molecular flexibility index (Phi) is 6.31. The van der Waals surface area contributed by atoms with Crippen LogP contribution in [0.3, 0.4) is 0 Å². The maximum Gasteiger partial charge on any atom is 0.273 e. The molecule has 1 aliphatic heterocycles. The van der Waals surface area contributed by atoms with Crippen molar-refractivity contribution in [3.8, 4) is 0 Å². The fourth-order valence-electron chi connectivity index (χ4n) is 4.10. The van der Waals surface area contributed by atoms with E-state index in [2.05, 4.69) is 15.9 Å². The third-order valence-corrected chi connectivity index (χ3v) is 6.61. The smallest absolute Gasteiger partial charge is 0.273 e. The van der Waals surface area contributed by atoms with Crippen molar-refractivity contribution in [2.24, 2.45) is 11.8 Å². The van der Waals surface area contributed by atoms with Crippen molar-refractivity contribution in [2.45, 2.75) is 19.8 Å². The Hall–Kier alpha value is -2.77. The number of ketones is 1. The van der Waals surface area contributed by atoms with Gasteiger partial charge in [0.25, 0.3) is 17.7 Å². The highest BCUT2D eigenvalue weighted by Crippen LogP contribution is 2.38. The van der Waals surface area contributed by atoms with Crippen molar-refractivity contribution in [2.75, 3.05) is 6.54 Å². The van der Waals surface area contributed by atoms with Crippen molar-refractivity contribution >= 4 is 51.0 Å². The summed E-state index contributed by atoms with van der Waals surface area (Å²) in [5.41, 5.74) is 1.63. The predicted octanol–water partition coefficient (Wildman–Crippen LogP) is 4.68. The molecule has 6 nitrogen and oxygen atoms in total. The van der Waals surface area contributed by atoms with Crippen LogP contribution in [-0.2, 0) is 9.59 Å². The van der Waals surface area contributed by atoms with Crippen LogP contribution in [0.1, 0.15) is 40.5 Å². The monoisotopic (exact) mass is 514 g/mol. The molecule has 1 heterocycles. The minimum absolute atomic E-state index is 0.225. The quantitative estimate of drug-likeness (QED) is 0.329. The average molecular weight is 516 g/mol. The van der Waals surface area contributed by atoms with Gasteiger partial charge in [0.15, 0.2) is 5.78 Å². The largest absolute Gasteiger partial charge is 0.292 e. The molecule has 32 heavy (non-hydrogen) atoms. The molecule has 0 spiro atoms. The Labute approximate surface area is 198 Å². The van der Waals surface area contributed by atoms with Crippen LogP contribution in [0.2, 0.25) is 5.02 Å². The third-order valence-electron chi connectivity index (χ3n) is 5.83. The number of Topliss-reactive ketones (excluding diaryl/α,β-unsaturated/α-hetero) is 1. The van der Waals surface area contributed by atoms with Gasteiger partial charge in [0.05, 0.1) is 11.8 Å². The van der Waals surface area contributed by atoms with Gasteiger partial charge in [0.1, 0.15) is 6.54 Å². The number of hydrogen-bond acceptors (Lipinski definition) is 4. The molecule has 0 N–H and O–H groups in total. The summed E-state index contributed by atoms with van der Waals surface area (Å²) < 4.78 is 0.806. The molecule has 0 radical (unpaired) electrons. The molecule has 0 saturated carbocycles. The maximum absolute atomic E-state index is 13.4. The highest BCUT2D eigenvalue weighted by Gasteiger charge is 2.51.